The van der Waals surface area contributed by atoms with Crippen LogP contribution in [0.25, 0.3) is 0 Å². The van der Waals surface area contributed by atoms with Crippen LogP contribution in [0.4, 0.5) is 0 Å². The third-order valence-electron chi connectivity index (χ3n) is 12.0. The van der Waals surface area contributed by atoms with E-state index < -0.39 is 17.4 Å². The van der Waals surface area contributed by atoms with E-state index in [0.29, 0.717) is 30.1 Å². The molecule has 5 rings (SSSR count). The molecule has 4 saturated carbocycles. The Morgan fingerprint density at radius 2 is 1.68 bits per heavy atom. The number of esters is 1. The number of hydrogen-bond acceptors (Lipinski definition) is 4. The fourth-order valence-electron chi connectivity index (χ4n) is 10.3. The Morgan fingerprint density at radius 1 is 1.00 bits per heavy atom. The zero-order chi connectivity index (χ0) is 22.6. The van der Waals surface area contributed by atoms with Crippen LogP contribution in [0, 0.1) is 51.2 Å². The molecule has 1 saturated heterocycles. The van der Waals surface area contributed by atoms with Gasteiger partial charge in [0.1, 0.15) is 11.9 Å². The van der Waals surface area contributed by atoms with Crippen molar-refractivity contribution in [2.24, 2.45) is 51.2 Å². The van der Waals surface area contributed by atoms with Gasteiger partial charge in [-0.3, -0.25) is 9.59 Å². The molecule has 11 atom stereocenters. The van der Waals surface area contributed by atoms with Crippen molar-refractivity contribution in [3.05, 3.63) is 0 Å². The summed E-state index contributed by atoms with van der Waals surface area (Å²) >= 11 is 0. The maximum absolute atomic E-state index is 14.0. The molecule has 0 bridgehead atoms. The summed E-state index contributed by atoms with van der Waals surface area (Å²) < 4.78 is 5.61. The minimum absolute atomic E-state index is 0.0159. The number of rotatable bonds is 1. The number of hydrogen-bond donors (Lipinski definition) is 1. The predicted molar refractivity (Wildman–Crippen MR) is 119 cm³/mol. The van der Waals surface area contributed by atoms with Crippen molar-refractivity contribution in [2.75, 3.05) is 0 Å². The van der Waals surface area contributed by atoms with Gasteiger partial charge in [-0.15, -0.1) is 0 Å². The molecular weight excluding hydrogens is 388 g/mol. The minimum atomic E-state index is -0.705. The number of ketones is 1. The zero-order valence-electron chi connectivity index (χ0n) is 20.4. The molecule has 174 valence electrons. The van der Waals surface area contributed by atoms with Crippen molar-refractivity contribution in [1.29, 1.82) is 0 Å². The van der Waals surface area contributed by atoms with E-state index in [1.54, 1.807) is 0 Å². The lowest BCUT2D eigenvalue weighted by atomic mass is 9.34. The molecule has 31 heavy (non-hydrogen) atoms. The van der Waals surface area contributed by atoms with Gasteiger partial charge in [0.25, 0.3) is 0 Å². The molecule has 1 aliphatic heterocycles. The smallest absolute Gasteiger partial charge is 0.310 e. The van der Waals surface area contributed by atoms with E-state index in [-0.39, 0.29) is 40.5 Å². The highest BCUT2D eigenvalue weighted by Gasteiger charge is 2.73. The van der Waals surface area contributed by atoms with Crippen LogP contribution in [0.5, 0.6) is 0 Å². The van der Waals surface area contributed by atoms with Crippen LogP contribution in [-0.2, 0) is 14.3 Å². The average Bonchev–Trinajstić information content (AvgIpc) is 3.01. The number of carbonyl (C=O) groups is 2. The second-order valence-electron chi connectivity index (χ2n) is 13.0. The second-order valence-corrected chi connectivity index (χ2v) is 13.0. The van der Waals surface area contributed by atoms with E-state index in [1.165, 1.54) is 32.1 Å². The SMILES string of the molecule is CC[C@@]1(C)CCC[C@]2(C)[C@H]3CC(=O)[C@]4(C)[C@@H]5C(=O)O[C@@H](C)[C@@H]5[C@@H](O)C[C@@H]4[C@]3(C)CC[C@@H]12. The van der Waals surface area contributed by atoms with E-state index in [9.17, 15) is 14.7 Å². The van der Waals surface area contributed by atoms with Gasteiger partial charge in [0.05, 0.1) is 12.0 Å². The summed E-state index contributed by atoms with van der Waals surface area (Å²) in [6, 6.07) is 0. The minimum Gasteiger partial charge on any atom is -0.462 e. The maximum atomic E-state index is 14.0. The summed E-state index contributed by atoms with van der Waals surface area (Å²) in [7, 11) is 0. The topological polar surface area (TPSA) is 63.6 Å². The van der Waals surface area contributed by atoms with Crippen LogP contribution in [0.15, 0.2) is 0 Å². The number of aliphatic hydroxyl groups excluding tert-OH is 1. The lowest BCUT2D eigenvalue weighted by Gasteiger charge is -2.69. The molecule has 0 unspecified atom stereocenters. The summed E-state index contributed by atoms with van der Waals surface area (Å²) in [5.74, 6) is 0.324. The van der Waals surface area contributed by atoms with E-state index in [1.807, 2.05) is 6.92 Å². The van der Waals surface area contributed by atoms with Crippen LogP contribution in [-0.4, -0.2) is 29.1 Å². The largest absolute Gasteiger partial charge is 0.462 e. The third kappa shape index (κ3) is 2.52. The van der Waals surface area contributed by atoms with E-state index in [0.717, 1.165) is 6.42 Å². The first-order chi connectivity index (χ1) is 14.4. The van der Waals surface area contributed by atoms with Crippen molar-refractivity contribution < 1.29 is 19.4 Å². The molecule has 0 aromatic heterocycles. The number of carbonyl (C=O) groups excluding carboxylic acids is 2. The predicted octanol–water partition coefficient (Wildman–Crippen LogP) is 5.16. The highest BCUT2D eigenvalue weighted by molar-refractivity contribution is 5.93. The summed E-state index contributed by atoms with van der Waals surface area (Å²) in [5, 5.41) is 11.2. The maximum Gasteiger partial charge on any atom is 0.310 e. The highest BCUT2D eigenvalue weighted by atomic mass is 16.6. The first kappa shape index (κ1) is 21.9. The van der Waals surface area contributed by atoms with Crippen molar-refractivity contribution >= 4 is 11.8 Å². The molecular formula is C27H42O4. The van der Waals surface area contributed by atoms with Crippen molar-refractivity contribution in [3.8, 4) is 0 Å². The first-order valence-electron chi connectivity index (χ1n) is 12.9. The number of cyclic esters (lactones) is 1. The summed E-state index contributed by atoms with van der Waals surface area (Å²) in [6.45, 7) is 13.6. The molecule has 5 aliphatic rings. The molecule has 0 aromatic rings. The van der Waals surface area contributed by atoms with Gasteiger partial charge in [-0.25, -0.2) is 0 Å². The second kappa shape index (κ2) is 6.58. The third-order valence-corrected chi connectivity index (χ3v) is 12.0. The quantitative estimate of drug-likeness (QED) is 0.584. The Morgan fingerprint density at radius 3 is 2.35 bits per heavy atom. The molecule has 0 amide bonds. The van der Waals surface area contributed by atoms with Gasteiger partial charge in [0.2, 0.25) is 0 Å². The van der Waals surface area contributed by atoms with Crippen LogP contribution in [0.2, 0.25) is 0 Å². The summed E-state index contributed by atoms with van der Waals surface area (Å²) in [6.07, 6.45) is 7.63. The monoisotopic (exact) mass is 430 g/mol. The zero-order valence-corrected chi connectivity index (χ0v) is 20.4. The van der Waals surface area contributed by atoms with Crippen LogP contribution in [0.3, 0.4) is 0 Å². The Bertz CT molecular complexity index is 807. The summed E-state index contributed by atoms with van der Waals surface area (Å²) in [4.78, 5) is 27.0. The lowest BCUT2D eigenvalue weighted by molar-refractivity contribution is -0.220. The van der Waals surface area contributed by atoms with Gasteiger partial charge in [-0.2, -0.15) is 0 Å². The van der Waals surface area contributed by atoms with Crippen LogP contribution in [0.1, 0.15) is 92.9 Å². The molecule has 1 heterocycles. The molecule has 4 aliphatic carbocycles. The molecule has 0 aromatic carbocycles. The Hall–Kier alpha value is -0.900. The summed E-state index contributed by atoms with van der Waals surface area (Å²) in [5.41, 5.74) is -0.195. The van der Waals surface area contributed by atoms with E-state index in [2.05, 4.69) is 34.6 Å². The Balaban J connectivity index is 1.59. The van der Waals surface area contributed by atoms with Gasteiger partial charge in [-0.1, -0.05) is 47.5 Å². The molecule has 5 fully saturated rings. The molecule has 4 nitrogen and oxygen atoms in total. The standard InChI is InChI=1S/C27H42O4/c1-7-24(3)10-8-11-25(4)17(24)9-12-26(5)18(25)14-20(29)27(6)19(26)13-16(28)21-15(2)31-23(30)22(21)27/h15-19,21-22,28H,7-14H2,1-6H3/t15-,16-,17-,18+,19+,21+,22-,24-,25-,26+,27+/m0/s1. The van der Waals surface area contributed by atoms with Gasteiger partial charge >= 0.3 is 5.97 Å². The first-order valence-corrected chi connectivity index (χ1v) is 12.9. The number of ether oxygens (including phenoxy) is 1. The van der Waals surface area contributed by atoms with Crippen molar-refractivity contribution in [3.63, 3.8) is 0 Å². The van der Waals surface area contributed by atoms with Gasteiger partial charge in [0.15, 0.2) is 0 Å². The number of aliphatic hydroxyl groups is 1. The average molecular weight is 431 g/mol. The van der Waals surface area contributed by atoms with E-state index >= 15 is 0 Å². The number of fused-ring (bicyclic) bond motifs is 7. The van der Waals surface area contributed by atoms with Gasteiger partial charge in [0, 0.05) is 17.8 Å². The van der Waals surface area contributed by atoms with Crippen LogP contribution < -0.4 is 0 Å². The normalized spacial score (nSPS) is 58.6. The fourth-order valence-corrected chi connectivity index (χ4v) is 10.3. The highest BCUT2D eigenvalue weighted by Crippen LogP contribution is 2.73. The molecule has 4 heteroatoms. The Kier molecular flexibility index (Phi) is 4.65. The van der Waals surface area contributed by atoms with Gasteiger partial charge in [-0.05, 0) is 73.0 Å². The number of Topliss-reactive ketones (excluding diaryl/α,β-unsaturated/α-hetero) is 1. The molecule has 0 spiro atoms. The van der Waals surface area contributed by atoms with Crippen molar-refractivity contribution in [2.45, 2.75) is 105 Å². The van der Waals surface area contributed by atoms with Gasteiger partial charge < -0.3 is 9.84 Å². The molecule has 1 N–H and O–H groups in total. The molecule has 0 radical (unpaired) electrons. The van der Waals surface area contributed by atoms with Crippen molar-refractivity contribution in [1.82, 2.24) is 0 Å². The van der Waals surface area contributed by atoms with E-state index in [4.69, 9.17) is 4.74 Å². The van der Waals surface area contributed by atoms with Crippen LogP contribution >= 0.6 is 0 Å². The lowest BCUT2D eigenvalue weighted by Crippen LogP contribution is -2.68. The fraction of sp³-hybridized carbons (Fsp3) is 0.926. The Labute approximate surface area is 187 Å².